The van der Waals surface area contributed by atoms with Crippen molar-refractivity contribution < 1.29 is 4.74 Å². The molecule has 0 aromatic rings. The molecule has 0 aromatic heterocycles. The van der Waals surface area contributed by atoms with Crippen molar-refractivity contribution in [3.8, 4) is 0 Å². The molecule has 0 fully saturated rings. The summed E-state index contributed by atoms with van der Waals surface area (Å²) in [6.45, 7) is 0.869. The maximum Gasteiger partial charge on any atom is 0.168 e. The molecule has 0 rings (SSSR count). The van der Waals surface area contributed by atoms with Gasteiger partial charge in [0.05, 0.1) is 7.11 Å². The van der Waals surface area contributed by atoms with Gasteiger partial charge in [0.15, 0.2) is 6.40 Å². The second-order valence-electron chi connectivity index (χ2n) is 0.997. The van der Waals surface area contributed by atoms with Crippen LogP contribution in [0, 0.1) is 0 Å². The Morgan fingerprint density at radius 2 is 2.57 bits per heavy atom. The monoisotopic (exact) mass is 101 g/mol. The van der Waals surface area contributed by atoms with E-state index >= 15 is 0 Å². The van der Waals surface area contributed by atoms with E-state index in [0.717, 1.165) is 0 Å². The zero-order valence-electron chi connectivity index (χ0n) is 4.35. The summed E-state index contributed by atoms with van der Waals surface area (Å²) in [5.74, 6) is 0. The lowest BCUT2D eigenvalue weighted by molar-refractivity contribution is 0.421. The van der Waals surface area contributed by atoms with Crippen LogP contribution in [-0.4, -0.2) is 26.6 Å². The van der Waals surface area contributed by atoms with Gasteiger partial charge >= 0.3 is 0 Å². The maximum absolute atomic E-state index is 6.61. The number of hydrogen-bond donors (Lipinski definition) is 0. The lowest BCUT2D eigenvalue weighted by Crippen LogP contribution is -1.83. The molecule has 3 nitrogen and oxygen atoms in total. The topological polar surface area (TPSA) is 45.4 Å². The highest BCUT2D eigenvalue weighted by Gasteiger charge is 1.62. The first-order valence-electron chi connectivity index (χ1n) is 2.07. The van der Waals surface area contributed by atoms with Gasteiger partial charge in [-0.25, -0.2) is 0 Å². The summed E-state index contributed by atoms with van der Waals surface area (Å²) in [4.78, 5) is 3.67. The lowest BCUT2D eigenvalue weighted by atomic mass is 10.7. The predicted octanol–water partition coefficient (Wildman–Crippen LogP) is 0.713. The third-order valence-electron chi connectivity index (χ3n) is 0.421. The van der Waals surface area contributed by atoms with Gasteiger partial charge in [0.25, 0.3) is 0 Å². The fourth-order valence-corrected chi connectivity index (χ4v) is 0.192. The zero-order chi connectivity index (χ0) is 5.54. The van der Waals surface area contributed by atoms with E-state index in [4.69, 9.17) is 5.73 Å². The second-order valence-corrected chi connectivity index (χ2v) is 0.997. The summed E-state index contributed by atoms with van der Waals surface area (Å²) in [6, 6.07) is 0. The molecule has 0 saturated heterocycles. The molecular weight excluding hydrogens is 92.1 g/mol. The Morgan fingerprint density at radius 1 is 1.86 bits per heavy atom. The van der Waals surface area contributed by atoms with Crippen molar-refractivity contribution >= 4 is 6.40 Å². The summed E-state index contributed by atoms with van der Waals surface area (Å²) < 4.78 is 4.47. The molecule has 42 valence electrons. The summed E-state index contributed by atoms with van der Waals surface area (Å²) >= 11 is 0. The fraction of sp³-hybridized carbons (Fsp3) is 0.750. The average molecular weight is 101 g/mol. The van der Waals surface area contributed by atoms with Crippen LogP contribution in [0.5, 0.6) is 0 Å². The number of hydrogen-bond acceptors (Lipinski definition) is 2. The standard InChI is InChI=1S/C4H9N2O/c1-7-4-6-3-2-5/h4-5H,2-3H2,1H3/q-1. The van der Waals surface area contributed by atoms with Gasteiger partial charge in [-0.3, -0.25) is 4.99 Å². The Kier molecular flexibility index (Phi) is 4.99. The molecule has 0 unspecified atom stereocenters. The van der Waals surface area contributed by atoms with Gasteiger partial charge in [-0.05, 0) is 0 Å². The fourth-order valence-electron chi connectivity index (χ4n) is 0.192. The van der Waals surface area contributed by atoms with Gasteiger partial charge in [0.1, 0.15) is 0 Å². The normalized spacial score (nSPS) is 10.0. The Morgan fingerprint density at radius 3 is 3.00 bits per heavy atom. The minimum atomic E-state index is 0.333. The number of ether oxygens (including phenoxy) is 1. The van der Waals surface area contributed by atoms with Crippen molar-refractivity contribution in [3.05, 3.63) is 5.73 Å². The van der Waals surface area contributed by atoms with E-state index in [9.17, 15) is 0 Å². The largest absolute Gasteiger partial charge is 0.676 e. The molecule has 0 saturated carbocycles. The molecule has 0 atom stereocenters. The lowest BCUT2D eigenvalue weighted by Gasteiger charge is -1.90. The predicted molar refractivity (Wildman–Crippen MR) is 29.6 cm³/mol. The molecule has 0 bridgehead atoms. The van der Waals surface area contributed by atoms with Crippen LogP contribution >= 0.6 is 0 Å². The van der Waals surface area contributed by atoms with E-state index in [-0.39, 0.29) is 0 Å². The minimum Gasteiger partial charge on any atom is -0.676 e. The summed E-state index contributed by atoms with van der Waals surface area (Å²) in [6.07, 6.45) is 1.34. The molecule has 0 aliphatic rings. The summed E-state index contributed by atoms with van der Waals surface area (Å²) in [5.41, 5.74) is 6.61. The van der Waals surface area contributed by atoms with Crippen LogP contribution in [0.2, 0.25) is 0 Å². The minimum absolute atomic E-state index is 0.333. The average Bonchev–Trinajstić information content (AvgIpc) is 1.69. The molecule has 1 N–H and O–H groups in total. The van der Waals surface area contributed by atoms with Gasteiger partial charge in [0, 0.05) is 6.54 Å². The highest BCUT2D eigenvalue weighted by Crippen LogP contribution is 1.66. The molecular formula is C4H9N2O-. The van der Waals surface area contributed by atoms with E-state index in [1.165, 1.54) is 13.5 Å². The van der Waals surface area contributed by atoms with Crippen molar-refractivity contribution in [2.24, 2.45) is 4.99 Å². The summed E-state index contributed by atoms with van der Waals surface area (Å²) in [7, 11) is 1.54. The van der Waals surface area contributed by atoms with Gasteiger partial charge in [0.2, 0.25) is 0 Å². The molecule has 0 heterocycles. The molecule has 7 heavy (non-hydrogen) atoms. The van der Waals surface area contributed by atoms with Crippen LogP contribution in [0.15, 0.2) is 4.99 Å². The molecule has 0 aliphatic carbocycles. The van der Waals surface area contributed by atoms with Gasteiger partial charge in [-0.1, -0.05) is 0 Å². The number of rotatable bonds is 3. The molecule has 0 amide bonds. The van der Waals surface area contributed by atoms with Crippen LogP contribution in [0.4, 0.5) is 0 Å². The Labute approximate surface area is 43.2 Å². The van der Waals surface area contributed by atoms with Crippen LogP contribution < -0.4 is 0 Å². The van der Waals surface area contributed by atoms with E-state index in [1.54, 1.807) is 0 Å². The molecule has 0 spiro atoms. The van der Waals surface area contributed by atoms with Gasteiger partial charge in [-0.15, -0.1) is 6.54 Å². The van der Waals surface area contributed by atoms with Crippen molar-refractivity contribution in [1.29, 1.82) is 0 Å². The molecule has 0 aliphatic heterocycles. The smallest absolute Gasteiger partial charge is 0.168 e. The van der Waals surface area contributed by atoms with E-state index in [1.807, 2.05) is 0 Å². The first-order chi connectivity index (χ1) is 3.41. The number of methoxy groups -OCH3 is 1. The SMILES string of the molecule is COC=NCC[NH-]. The number of nitrogens with one attached hydrogen (secondary N) is 1. The van der Waals surface area contributed by atoms with Crippen LogP contribution in [0.25, 0.3) is 5.73 Å². The molecule has 0 aromatic carbocycles. The first-order valence-corrected chi connectivity index (χ1v) is 2.07. The van der Waals surface area contributed by atoms with E-state index in [0.29, 0.717) is 13.1 Å². The van der Waals surface area contributed by atoms with Crippen molar-refractivity contribution in [3.63, 3.8) is 0 Å². The van der Waals surface area contributed by atoms with Crippen molar-refractivity contribution in [2.75, 3.05) is 20.2 Å². The first kappa shape index (κ1) is 6.43. The van der Waals surface area contributed by atoms with Gasteiger partial charge < -0.3 is 10.5 Å². The van der Waals surface area contributed by atoms with Gasteiger partial charge in [-0.2, -0.15) is 0 Å². The number of nitrogens with zero attached hydrogens (tertiary/aromatic N) is 1. The Bertz CT molecular complexity index is 53.7. The number of aliphatic imine (C=N–C) groups is 1. The van der Waals surface area contributed by atoms with Crippen LogP contribution in [0.3, 0.4) is 0 Å². The molecule has 0 radical (unpaired) electrons. The molecule has 3 heteroatoms. The van der Waals surface area contributed by atoms with E-state index < -0.39 is 0 Å². The Balaban J connectivity index is 2.78. The van der Waals surface area contributed by atoms with Crippen molar-refractivity contribution in [2.45, 2.75) is 0 Å². The quantitative estimate of drug-likeness (QED) is 0.381. The van der Waals surface area contributed by atoms with Crippen molar-refractivity contribution in [1.82, 2.24) is 0 Å². The Hall–Kier alpha value is -0.570. The second kappa shape index (κ2) is 5.43. The van der Waals surface area contributed by atoms with Crippen LogP contribution in [0.1, 0.15) is 0 Å². The zero-order valence-corrected chi connectivity index (χ0v) is 4.35. The highest BCUT2D eigenvalue weighted by atomic mass is 16.5. The van der Waals surface area contributed by atoms with Crippen LogP contribution in [-0.2, 0) is 4.74 Å². The third-order valence-corrected chi connectivity index (χ3v) is 0.421. The highest BCUT2D eigenvalue weighted by molar-refractivity contribution is 5.45. The third kappa shape index (κ3) is 5.43. The van der Waals surface area contributed by atoms with E-state index in [2.05, 4.69) is 9.73 Å². The maximum atomic E-state index is 6.61. The summed E-state index contributed by atoms with van der Waals surface area (Å²) in [5, 5.41) is 0.